The molecule has 0 fully saturated rings. The van der Waals surface area contributed by atoms with Crippen LogP contribution in [0.1, 0.15) is 65.6 Å². The summed E-state index contributed by atoms with van der Waals surface area (Å²) in [5, 5.41) is 6.71. The molecule has 252 valence electrons. The normalized spacial score (nSPS) is 20.1. The number of alkyl halides is 3. The van der Waals surface area contributed by atoms with Crippen molar-refractivity contribution < 1.29 is 31.9 Å². The first-order chi connectivity index (χ1) is 21.6. The van der Waals surface area contributed by atoms with E-state index < -0.39 is 50.2 Å². The van der Waals surface area contributed by atoms with E-state index in [1.165, 1.54) is 18.3 Å². The zero-order valence-electron chi connectivity index (χ0n) is 27.7. The van der Waals surface area contributed by atoms with E-state index in [-0.39, 0.29) is 25.5 Å². The van der Waals surface area contributed by atoms with Crippen LogP contribution in [0.3, 0.4) is 0 Å². The van der Waals surface area contributed by atoms with E-state index in [0.29, 0.717) is 34.8 Å². The van der Waals surface area contributed by atoms with Crippen molar-refractivity contribution in [3.05, 3.63) is 42.6 Å². The summed E-state index contributed by atoms with van der Waals surface area (Å²) in [6.07, 6.45) is 1.76. The molecule has 1 aliphatic heterocycles. The van der Waals surface area contributed by atoms with Gasteiger partial charge in [-0.15, -0.1) is 0 Å². The fourth-order valence-electron chi connectivity index (χ4n) is 4.94. The van der Waals surface area contributed by atoms with E-state index >= 15 is 0 Å². The highest BCUT2D eigenvalue weighted by Crippen LogP contribution is 2.41. The number of hydrogen-bond acceptors (Lipinski definition) is 8. The van der Waals surface area contributed by atoms with Gasteiger partial charge in [-0.1, -0.05) is 32.9 Å². The summed E-state index contributed by atoms with van der Waals surface area (Å²) in [4.78, 5) is 28.8. The smallest absolute Gasteiger partial charge is 0.413 e. The first-order valence-electron chi connectivity index (χ1n) is 15.4. The molecule has 0 spiro atoms. The Balaban J connectivity index is 1.73. The number of halogens is 3. The summed E-state index contributed by atoms with van der Waals surface area (Å²) in [5.41, 5.74) is 2.05. The molecule has 0 aliphatic carbocycles. The molecule has 4 rings (SSSR count). The number of amides is 2. The minimum atomic E-state index is -4.61. The Labute approximate surface area is 268 Å². The van der Waals surface area contributed by atoms with E-state index in [1.807, 2.05) is 33.8 Å². The zero-order chi connectivity index (χ0) is 33.9. The number of fused-ring (bicyclic) bond motifs is 7. The molecule has 0 saturated carbocycles. The lowest BCUT2D eigenvalue weighted by molar-refractivity contribution is -0.201. The van der Waals surface area contributed by atoms with Gasteiger partial charge in [0.15, 0.2) is 8.32 Å². The lowest BCUT2D eigenvalue weighted by Crippen LogP contribution is -2.52. The quantitative estimate of drug-likeness (QED) is 0.228. The maximum absolute atomic E-state index is 14.4. The maximum Gasteiger partial charge on any atom is 0.413 e. The second kappa shape index (κ2) is 14.0. The first kappa shape index (κ1) is 35.1. The van der Waals surface area contributed by atoms with E-state index in [1.54, 1.807) is 49.1 Å². The lowest BCUT2D eigenvalue weighted by atomic mass is 10.0. The third-order valence-electron chi connectivity index (χ3n) is 8.66. The molecule has 3 aromatic rings. The number of carbonyl (C=O) groups excluding carboxylic acids is 1. The number of aromatic nitrogens is 5. The van der Waals surface area contributed by atoms with Gasteiger partial charge in [-0.05, 0) is 50.9 Å². The number of hydrogen-bond donors (Lipinski definition) is 1. The van der Waals surface area contributed by atoms with Crippen LogP contribution in [0.2, 0.25) is 18.1 Å². The van der Waals surface area contributed by atoms with Crippen LogP contribution in [0, 0.1) is 0 Å². The molecule has 3 aromatic heterocycles. The summed E-state index contributed by atoms with van der Waals surface area (Å²) in [7, 11) is -1.27. The Morgan fingerprint density at radius 3 is 2.59 bits per heavy atom. The van der Waals surface area contributed by atoms with Gasteiger partial charge in [0.25, 0.3) is 5.88 Å². The number of nitrogens with zero attached hydrogens (tertiary/aromatic N) is 6. The Bertz CT molecular complexity index is 1540. The van der Waals surface area contributed by atoms with E-state index in [0.717, 1.165) is 0 Å². The van der Waals surface area contributed by atoms with Gasteiger partial charge in [-0.25, -0.2) is 19.3 Å². The average molecular weight is 664 g/mol. The molecule has 1 N–H and O–H groups in total. The fourth-order valence-corrected chi connectivity index (χ4v) is 6.24. The second-order valence-corrected chi connectivity index (χ2v) is 17.6. The molecule has 46 heavy (non-hydrogen) atoms. The molecule has 3 atom stereocenters. The van der Waals surface area contributed by atoms with Crippen molar-refractivity contribution in [2.75, 3.05) is 20.3 Å². The Morgan fingerprint density at radius 1 is 1.20 bits per heavy atom. The second-order valence-electron chi connectivity index (χ2n) is 12.9. The van der Waals surface area contributed by atoms with Crippen molar-refractivity contribution in [3.8, 4) is 22.9 Å². The van der Waals surface area contributed by atoms with Gasteiger partial charge >= 0.3 is 12.2 Å². The maximum atomic E-state index is 14.4. The molecule has 0 saturated heterocycles. The fraction of sp³-hybridized carbons (Fsp3) is 0.581. The molecular weight excluding hydrogens is 619 g/mol. The summed E-state index contributed by atoms with van der Waals surface area (Å²) >= 11 is 0. The minimum Gasteiger partial charge on any atom is -0.494 e. The Kier molecular flexibility index (Phi) is 10.7. The molecule has 4 bridgehead atoms. The van der Waals surface area contributed by atoms with Crippen LogP contribution in [-0.2, 0) is 4.43 Å². The number of ether oxygens (including phenoxy) is 2. The Morgan fingerprint density at radius 2 is 1.93 bits per heavy atom. The summed E-state index contributed by atoms with van der Waals surface area (Å²) in [6.45, 7) is 13.4. The monoisotopic (exact) mass is 663 g/mol. The third-order valence-corrected chi connectivity index (χ3v) is 13.1. The van der Waals surface area contributed by atoms with Crippen molar-refractivity contribution >= 4 is 20.0 Å². The van der Waals surface area contributed by atoms with E-state index in [4.69, 9.17) is 18.9 Å². The van der Waals surface area contributed by atoms with Crippen molar-refractivity contribution in [2.24, 2.45) is 0 Å². The third kappa shape index (κ3) is 7.97. The van der Waals surface area contributed by atoms with Crippen molar-refractivity contribution in [2.45, 2.75) is 96.4 Å². The number of rotatable bonds is 6. The molecule has 11 nitrogen and oxygen atoms in total. The zero-order valence-corrected chi connectivity index (χ0v) is 28.7. The molecular formula is C31H44F3N7O4Si. The number of carbonyl (C=O) groups is 1. The largest absolute Gasteiger partial charge is 0.494 e. The van der Waals surface area contributed by atoms with E-state index in [2.05, 4.69) is 20.4 Å². The van der Waals surface area contributed by atoms with Gasteiger partial charge < -0.3 is 24.1 Å². The molecule has 4 heterocycles. The predicted molar refractivity (Wildman–Crippen MR) is 170 cm³/mol. The average Bonchev–Trinajstić information content (AvgIpc) is 3.45. The van der Waals surface area contributed by atoms with Crippen LogP contribution in [0.15, 0.2) is 36.9 Å². The first-order valence-corrected chi connectivity index (χ1v) is 18.3. The van der Waals surface area contributed by atoms with Crippen LogP contribution in [-0.4, -0.2) is 82.4 Å². The van der Waals surface area contributed by atoms with Gasteiger partial charge in [0, 0.05) is 24.6 Å². The van der Waals surface area contributed by atoms with Crippen molar-refractivity contribution in [1.82, 2.24) is 34.8 Å². The summed E-state index contributed by atoms with van der Waals surface area (Å²) in [6, 6.07) is -0.130. The molecule has 1 aliphatic rings. The highest BCUT2D eigenvalue weighted by atomic mass is 28.4. The highest BCUT2D eigenvalue weighted by Gasteiger charge is 2.48. The van der Waals surface area contributed by atoms with Crippen LogP contribution in [0.4, 0.5) is 18.0 Å². The number of nitrogens with one attached hydrogen (secondary N) is 1. The molecule has 15 heteroatoms. The van der Waals surface area contributed by atoms with Gasteiger partial charge in [0.05, 0.1) is 43.5 Å². The van der Waals surface area contributed by atoms with Gasteiger partial charge in [0.1, 0.15) is 18.2 Å². The number of urea groups is 1. The molecule has 1 unspecified atom stereocenters. The number of pyridine rings is 1. The number of methoxy groups -OCH3 is 1. The van der Waals surface area contributed by atoms with E-state index in [9.17, 15) is 18.0 Å². The molecule has 2 amide bonds. The van der Waals surface area contributed by atoms with Crippen molar-refractivity contribution in [3.63, 3.8) is 0 Å². The van der Waals surface area contributed by atoms with Crippen LogP contribution in [0.5, 0.6) is 11.6 Å². The topological polar surface area (TPSA) is 116 Å². The summed E-state index contributed by atoms with van der Waals surface area (Å²) < 4.78 is 62.3. The molecule has 0 aromatic carbocycles. The predicted octanol–water partition coefficient (Wildman–Crippen LogP) is 6.73. The highest BCUT2D eigenvalue weighted by molar-refractivity contribution is 6.74. The van der Waals surface area contributed by atoms with Gasteiger partial charge in [-0.3, -0.25) is 4.98 Å². The lowest BCUT2D eigenvalue weighted by Gasteiger charge is -2.40. The summed E-state index contributed by atoms with van der Waals surface area (Å²) in [5.74, 6) is 0.712. The SMILES string of the molecule is CCN1C(=O)N[C@@H](CC(O[Si](C)(C)C(C)(C)C)C(F)(F)F)C/C=C/CCOc2nc(cn3ncnc23)-c2cc(ncc2OC)[C@H]1C. The van der Waals surface area contributed by atoms with Crippen molar-refractivity contribution in [1.29, 1.82) is 0 Å². The Hall–Kier alpha value is -3.72. The standard InChI is InChI=1S/C31H44F3N7O4Si/c1-9-40-20(2)23-16-22(25(43-6)17-35-23)24-18-41-27(36-19-37-41)28(39-24)44-14-12-10-11-13-21(38-29(40)42)15-26(31(32,33)34)45-46(7,8)30(3,4)5/h10-11,16-21,26H,9,12-15H2,1-8H3,(H,38,42)/b11-10+/t20-,21-,26?/m1/s1. The molecule has 0 radical (unpaired) electrons. The minimum absolute atomic E-state index is 0.165. The van der Waals surface area contributed by atoms with Crippen LogP contribution in [0.25, 0.3) is 16.9 Å². The van der Waals surface area contributed by atoms with Crippen LogP contribution >= 0.6 is 0 Å². The van der Waals surface area contributed by atoms with Gasteiger partial charge in [0.2, 0.25) is 5.65 Å². The van der Waals surface area contributed by atoms with Crippen LogP contribution < -0.4 is 14.8 Å². The van der Waals surface area contributed by atoms with Gasteiger partial charge in [-0.2, -0.15) is 18.3 Å².